The van der Waals surface area contributed by atoms with E-state index >= 15 is 0 Å². The fraction of sp³-hybridized carbons (Fsp3) is 0. The van der Waals surface area contributed by atoms with E-state index in [0.717, 1.165) is 66.3 Å². The van der Waals surface area contributed by atoms with Gasteiger partial charge in [-0.05, 0) is 95.2 Å². The smallest absolute Gasteiger partial charge is 0.238 e. The number of aromatic nitrogens is 6. The average molecular weight is 1380 g/mol. The zero-order chi connectivity index (χ0) is 66.1. The lowest BCUT2D eigenvalue weighted by molar-refractivity contribution is 0.651. The molecule has 1 N–H and O–H groups in total. The lowest BCUT2D eigenvalue weighted by Crippen LogP contribution is -2.03. The van der Waals surface area contributed by atoms with Gasteiger partial charge in [0, 0.05) is 140 Å². The van der Waals surface area contributed by atoms with Gasteiger partial charge in [0.1, 0.15) is 11.2 Å². The summed E-state index contributed by atoms with van der Waals surface area (Å²) in [5, 5.41) is 24.5. The Morgan fingerprint density at radius 2 is 0.733 bits per heavy atom. The molecular weight excluding hydrogens is 1340 g/mol. The van der Waals surface area contributed by atoms with E-state index in [4.69, 9.17) is 30.4 Å². The molecule has 14 aromatic carbocycles. The minimum Gasteiger partial charge on any atom is -0.438 e. The van der Waals surface area contributed by atoms with Gasteiger partial charge in [0.2, 0.25) is 22.7 Å². The molecule has 0 radical (unpaired) electrons. The first kappa shape index (κ1) is 57.1. The van der Waals surface area contributed by atoms with Gasteiger partial charge >= 0.3 is 0 Å². The molecule has 0 aliphatic rings. The summed E-state index contributed by atoms with van der Waals surface area (Å²) >= 11 is 13.6. The van der Waals surface area contributed by atoms with Crippen LogP contribution >= 0.6 is 56.9 Å². The van der Waals surface area contributed by atoms with Crippen molar-refractivity contribution in [2.45, 2.75) is 0 Å². The van der Waals surface area contributed by atoms with Crippen LogP contribution in [0.1, 0.15) is 0 Å². The van der Waals surface area contributed by atoms with Crippen LogP contribution < -0.4 is 0 Å². The van der Waals surface area contributed by atoms with E-state index in [1.165, 1.54) is 135 Å². The van der Waals surface area contributed by atoms with E-state index in [9.17, 15) is 0 Å². The molecule has 0 aliphatic carbocycles. The van der Waals surface area contributed by atoms with Crippen molar-refractivity contribution in [1.82, 2.24) is 29.5 Å². The number of aromatic amines is 1. The van der Waals surface area contributed by atoms with Gasteiger partial charge in [0.05, 0.1) is 38.7 Å². The van der Waals surface area contributed by atoms with Crippen LogP contribution in [0.2, 0.25) is 5.28 Å². The molecule has 10 heterocycles. The highest BCUT2D eigenvalue weighted by Crippen LogP contribution is 2.51. The molecule has 0 spiro atoms. The van der Waals surface area contributed by atoms with E-state index in [1.54, 1.807) is 11.3 Å². The van der Waals surface area contributed by atoms with E-state index in [2.05, 4.69) is 262 Å². The van der Waals surface area contributed by atoms with Gasteiger partial charge in [-0.3, -0.25) is 4.57 Å². The number of halogens is 1. The monoisotopic (exact) mass is 1380 g/mol. The average Bonchev–Trinajstić information content (AvgIpc) is 1.56. The van der Waals surface area contributed by atoms with Crippen molar-refractivity contribution in [3.05, 3.63) is 284 Å². The maximum absolute atomic E-state index is 6.56. The number of nitrogens with one attached hydrogen (secondary N) is 1. The molecule has 0 saturated heterocycles. The number of fused-ring (bicyclic) bond motifs is 32. The van der Waals surface area contributed by atoms with Gasteiger partial charge in [-0.2, -0.15) is 9.97 Å². The van der Waals surface area contributed by atoms with Crippen molar-refractivity contribution in [1.29, 1.82) is 0 Å². The van der Waals surface area contributed by atoms with Crippen molar-refractivity contribution < 1.29 is 8.83 Å². The summed E-state index contributed by atoms with van der Waals surface area (Å²) < 4.78 is 25.1. The molecule has 0 fully saturated rings. The summed E-state index contributed by atoms with van der Waals surface area (Å²) in [5.74, 6) is 0.596. The van der Waals surface area contributed by atoms with Gasteiger partial charge in [-0.25, -0.2) is 9.97 Å². The van der Waals surface area contributed by atoms with Crippen molar-refractivity contribution >= 4 is 247 Å². The van der Waals surface area contributed by atoms with Crippen molar-refractivity contribution in [2.75, 3.05) is 0 Å². The zero-order valence-corrected chi connectivity index (χ0v) is 57.1. The van der Waals surface area contributed by atoms with E-state index in [1.807, 2.05) is 70.4 Å². The molecule has 0 amide bonds. The SMILES string of the molecule is Clc1nc(-c2ccc3sc4ccccc4c3c2)c2c(n1)oc1ccccc12.c1ccc2c(c1)[nH]c1c3ccccc3c3c4ccccc4sc3c21.c1ccc2c(c1)oc1nc(-n3c4ccccc4c4c5sc6ccccc6c5c5ccccc5c43)nc(-c3ccc4sc5ccccc5c4c3)c12. The second-order valence-electron chi connectivity index (χ2n) is 25.6. The van der Waals surface area contributed by atoms with Crippen LogP contribution in [-0.2, 0) is 0 Å². The summed E-state index contributed by atoms with van der Waals surface area (Å²) in [6, 6.07) is 98.7. The fourth-order valence-electron chi connectivity index (χ4n) is 15.8. The lowest BCUT2D eigenvalue weighted by Gasteiger charge is -2.12. The maximum atomic E-state index is 6.56. The number of H-pyrrole nitrogens is 1. The Labute approximate surface area is 593 Å². The Morgan fingerprint density at radius 1 is 0.307 bits per heavy atom. The van der Waals surface area contributed by atoms with Crippen LogP contribution in [0.25, 0.3) is 218 Å². The number of hydrogen-bond acceptors (Lipinski definition) is 10. The quantitative estimate of drug-likeness (QED) is 0.177. The van der Waals surface area contributed by atoms with E-state index < -0.39 is 0 Å². The van der Waals surface area contributed by atoms with Crippen molar-refractivity contribution in [3.63, 3.8) is 0 Å². The van der Waals surface area contributed by atoms with Crippen LogP contribution in [-0.4, -0.2) is 29.5 Å². The summed E-state index contributed by atoms with van der Waals surface area (Å²) in [6.07, 6.45) is 0. The van der Waals surface area contributed by atoms with Crippen LogP contribution in [0, 0.1) is 0 Å². The summed E-state index contributed by atoms with van der Waals surface area (Å²) in [6.45, 7) is 0. The van der Waals surface area contributed by atoms with Crippen LogP contribution in [0.4, 0.5) is 0 Å². The highest BCUT2D eigenvalue weighted by Gasteiger charge is 2.27. The number of benzene rings is 14. The number of thiophene rings is 4. The number of furan rings is 2. The highest BCUT2D eigenvalue weighted by molar-refractivity contribution is 7.28. The van der Waals surface area contributed by atoms with Crippen LogP contribution in [0.3, 0.4) is 0 Å². The normalized spacial score (nSPS) is 12.2. The predicted molar refractivity (Wildman–Crippen MR) is 431 cm³/mol. The summed E-state index contributed by atoms with van der Waals surface area (Å²) in [4.78, 5) is 23.3. The topological polar surface area (TPSA) is 98.6 Å². The number of hydrogen-bond donors (Lipinski definition) is 1. The number of nitrogens with zero attached hydrogens (tertiary/aromatic N) is 5. The minimum absolute atomic E-state index is 0.187. The summed E-state index contributed by atoms with van der Waals surface area (Å²) in [5.41, 5.74) is 11.0. The second kappa shape index (κ2) is 22.1. The van der Waals surface area contributed by atoms with E-state index in [-0.39, 0.29) is 5.28 Å². The first-order valence-corrected chi connectivity index (χ1v) is 37.0. The van der Waals surface area contributed by atoms with Crippen molar-refractivity contribution in [3.8, 4) is 28.5 Å². The first-order chi connectivity index (χ1) is 50.0. The Kier molecular flexibility index (Phi) is 12.5. The molecule has 0 aliphatic heterocycles. The second-order valence-corrected chi connectivity index (χ2v) is 30.2. The first-order valence-electron chi connectivity index (χ1n) is 33.3. The van der Waals surface area contributed by atoms with Crippen LogP contribution in [0.15, 0.2) is 288 Å². The molecular formula is C88H47ClN6O2S4. The molecule has 13 heteroatoms. The number of para-hydroxylation sites is 4. The maximum Gasteiger partial charge on any atom is 0.238 e. The van der Waals surface area contributed by atoms with Gasteiger partial charge in [-0.1, -0.05) is 206 Å². The molecule has 24 rings (SSSR count). The number of rotatable bonds is 3. The molecule has 101 heavy (non-hydrogen) atoms. The Balaban J connectivity index is 0.000000106. The molecule has 472 valence electrons. The van der Waals surface area contributed by atoms with Gasteiger partial charge in [0.25, 0.3) is 0 Å². The predicted octanol–water partition coefficient (Wildman–Crippen LogP) is 26.9. The molecule has 8 nitrogen and oxygen atoms in total. The van der Waals surface area contributed by atoms with Gasteiger partial charge in [0.15, 0.2) is 0 Å². The molecule has 0 atom stereocenters. The minimum atomic E-state index is 0.187. The van der Waals surface area contributed by atoms with Gasteiger partial charge < -0.3 is 13.8 Å². The Bertz CT molecular complexity index is 7650. The standard InChI is InChI=1S/C44H23N3OS2.C22H11ClN2OS.C22H13NS/c1-2-13-27-26(12-1)37-30-16-6-10-20-35(30)50-42(37)39-28-14-3-7-17-32(28)47(41(27)39)44-45-40(38-29-15-4-8-18-33(29)48-43(38)46-44)24-21-22-36-31(23-24)25-11-5-9-19-34(25)49-36;23-22-24-20(19-14-6-1-3-7-16(14)26-21(19)25-22)12-9-10-18-15(11-12)13-5-2-4-8-17(13)27-18;1-2-8-14-13(7-1)19-16-10-4-6-12-18(16)24-22(19)20-15-9-3-5-11-17(15)23-21(14)20/h1-23H;1-11H;1-12,23H. The molecule has 24 aromatic rings. The third-order valence-corrected chi connectivity index (χ3v) is 24.9. The Morgan fingerprint density at radius 3 is 1.33 bits per heavy atom. The third kappa shape index (κ3) is 8.57. The summed E-state index contributed by atoms with van der Waals surface area (Å²) in [7, 11) is 0. The van der Waals surface area contributed by atoms with Crippen LogP contribution in [0.5, 0.6) is 0 Å². The zero-order valence-electron chi connectivity index (χ0n) is 53.1. The van der Waals surface area contributed by atoms with Crippen molar-refractivity contribution in [2.24, 2.45) is 0 Å². The van der Waals surface area contributed by atoms with E-state index in [0.29, 0.717) is 17.4 Å². The Hall–Kier alpha value is -11.9. The largest absolute Gasteiger partial charge is 0.438 e. The molecule has 0 bridgehead atoms. The third-order valence-electron chi connectivity index (χ3n) is 20.1. The highest BCUT2D eigenvalue weighted by atomic mass is 35.5. The fourth-order valence-corrected chi connectivity index (χ4v) is 20.7. The molecule has 0 unspecified atom stereocenters. The van der Waals surface area contributed by atoms with Gasteiger partial charge in [-0.15, -0.1) is 45.3 Å². The molecule has 10 aromatic heterocycles. The molecule has 0 saturated carbocycles. The lowest BCUT2D eigenvalue weighted by atomic mass is 10.00.